The Kier molecular flexibility index (Phi) is 4.12. The van der Waals surface area contributed by atoms with Gasteiger partial charge in [-0.25, -0.2) is 0 Å². The van der Waals surface area contributed by atoms with Gasteiger partial charge in [-0.3, -0.25) is 9.78 Å². The van der Waals surface area contributed by atoms with Gasteiger partial charge in [-0.15, -0.1) is 0 Å². The normalized spacial score (nSPS) is 16.2. The predicted molar refractivity (Wildman–Crippen MR) is 88.9 cm³/mol. The van der Waals surface area contributed by atoms with Gasteiger partial charge in [0, 0.05) is 18.5 Å². The first-order valence-corrected chi connectivity index (χ1v) is 7.96. The standard InChI is InChI=1S/C18H23N3O/c1-12-3-4-15-10-16(13(2)20-17(15)9-12)18(22)21-7-5-14(11-19)6-8-21/h3-4,9-10,14H,5-8,11,19H2,1-2H3. The molecule has 0 bridgehead atoms. The lowest BCUT2D eigenvalue weighted by Gasteiger charge is -2.31. The molecule has 1 fully saturated rings. The van der Waals surface area contributed by atoms with Gasteiger partial charge >= 0.3 is 0 Å². The third-order valence-corrected chi connectivity index (χ3v) is 4.63. The van der Waals surface area contributed by atoms with Gasteiger partial charge < -0.3 is 10.6 Å². The minimum Gasteiger partial charge on any atom is -0.339 e. The second kappa shape index (κ2) is 6.05. The molecule has 0 unspecified atom stereocenters. The topological polar surface area (TPSA) is 59.2 Å². The van der Waals surface area contributed by atoms with Gasteiger partial charge in [-0.05, 0) is 56.8 Å². The van der Waals surface area contributed by atoms with E-state index in [-0.39, 0.29) is 5.91 Å². The summed E-state index contributed by atoms with van der Waals surface area (Å²) in [6.45, 7) is 6.29. The highest BCUT2D eigenvalue weighted by Crippen LogP contribution is 2.22. The summed E-state index contributed by atoms with van der Waals surface area (Å²) in [4.78, 5) is 19.3. The monoisotopic (exact) mass is 297 g/mol. The number of amides is 1. The van der Waals surface area contributed by atoms with E-state index in [1.165, 1.54) is 5.56 Å². The van der Waals surface area contributed by atoms with E-state index in [4.69, 9.17) is 5.73 Å². The van der Waals surface area contributed by atoms with Crippen LogP contribution in [0.1, 0.15) is 34.5 Å². The smallest absolute Gasteiger partial charge is 0.255 e. The number of aromatic nitrogens is 1. The Bertz CT molecular complexity index is 703. The van der Waals surface area contributed by atoms with Crippen molar-refractivity contribution in [1.82, 2.24) is 9.88 Å². The van der Waals surface area contributed by atoms with Crippen LogP contribution in [0.25, 0.3) is 10.9 Å². The fraction of sp³-hybridized carbons (Fsp3) is 0.444. The third kappa shape index (κ3) is 2.83. The summed E-state index contributed by atoms with van der Waals surface area (Å²) in [5.74, 6) is 0.658. The lowest BCUT2D eigenvalue weighted by molar-refractivity contribution is 0.0692. The maximum atomic E-state index is 12.8. The van der Waals surface area contributed by atoms with Crippen molar-refractivity contribution in [2.75, 3.05) is 19.6 Å². The lowest BCUT2D eigenvalue weighted by Crippen LogP contribution is -2.40. The van der Waals surface area contributed by atoms with Crippen LogP contribution in [-0.2, 0) is 0 Å². The Morgan fingerprint density at radius 3 is 2.68 bits per heavy atom. The first-order chi connectivity index (χ1) is 10.6. The largest absolute Gasteiger partial charge is 0.339 e. The number of carbonyl (C=O) groups excluding carboxylic acids is 1. The molecule has 1 aliphatic heterocycles. The van der Waals surface area contributed by atoms with Crippen molar-refractivity contribution in [1.29, 1.82) is 0 Å². The molecule has 1 saturated heterocycles. The van der Waals surface area contributed by atoms with Crippen molar-refractivity contribution < 1.29 is 4.79 Å². The third-order valence-electron chi connectivity index (χ3n) is 4.63. The molecule has 1 aliphatic rings. The average molecular weight is 297 g/mol. The number of aryl methyl sites for hydroxylation is 2. The van der Waals surface area contributed by atoms with Crippen molar-refractivity contribution in [2.45, 2.75) is 26.7 Å². The van der Waals surface area contributed by atoms with E-state index in [9.17, 15) is 4.79 Å². The molecule has 0 saturated carbocycles. The zero-order valence-electron chi connectivity index (χ0n) is 13.3. The van der Waals surface area contributed by atoms with Gasteiger partial charge in [0.15, 0.2) is 0 Å². The summed E-state index contributed by atoms with van der Waals surface area (Å²) < 4.78 is 0. The highest BCUT2D eigenvalue weighted by molar-refractivity contribution is 5.98. The number of piperidine rings is 1. The number of nitrogens with zero attached hydrogens (tertiary/aromatic N) is 2. The van der Waals surface area contributed by atoms with Crippen molar-refractivity contribution >= 4 is 16.8 Å². The van der Waals surface area contributed by atoms with Crippen LogP contribution in [0.2, 0.25) is 0 Å². The van der Waals surface area contributed by atoms with E-state index in [2.05, 4.69) is 24.0 Å². The molecular formula is C18H23N3O. The van der Waals surface area contributed by atoms with Crippen LogP contribution >= 0.6 is 0 Å². The molecule has 1 amide bonds. The molecular weight excluding hydrogens is 274 g/mol. The molecule has 0 atom stereocenters. The number of nitrogens with two attached hydrogens (primary N) is 1. The number of benzene rings is 1. The van der Waals surface area contributed by atoms with Crippen molar-refractivity contribution in [2.24, 2.45) is 11.7 Å². The summed E-state index contributed by atoms with van der Waals surface area (Å²) in [6.07, 6.45) is 2.00. The summed E-state index contributed by atoms with van der Waals surface area (Å²) in [7, 11) is 0. The zero-order chi connectivity index (χ0) is 15.7. The summed E-state index contributed by atoms with van der Waals surface area (Å²) >= 11 is 0. The molecule has 3 rings (SSSR count). The SMILES string of the molecule is Cc1ccc2cc(C(=O)N3CCC(CN)CC3)c(C)nc2c1. The van der Waals surface area contributed by atoms with Gasteiger partial charge in [0.2, 0.25) is 0 Å². The number of likely N-dealkylation sites (tertiary alicyclic amines) is 1. The molecule has 22 heavy (non-hydrogen) atoms. The van der Waals surface area contributed by atoms with Crippen LogP contribution in [0.15, 0.2) is 24.3 Å². The van der Waals surface area contributed by atoms with E-state index < -0.39 is 0 Å². The van der Waals surface area contributed by atoms with Crippen LogP contribution in [0.3, 0.4) is 0 Å². The average Bonchev–Trinajstić information content (AvgIpc) is 2.53. The quantitative estimate of drug-likeness (QED) is 0.927. The number of rotatable bonds is 2. The molecule has 4 heteroatoms. The van der Waals surface area contributed by atoms with Crippen molar-refractivity contribution in [3.8, 4) is 0 Å². The molecule has 0 spiro atoms. The second-order valence-corrected chi connectivity index (χ2v) is 6.29. The van der Waals surface area contributed by atoms with E-state index in [0.717, 1.165) is 54.6 Å². The number of pyridine rings is 1. The molecule has 0 radical (unpaired) electrons. The van der Waals surface area contributed by atoms with Crippen LogP contribution < -0.4 is 5.73 Å². The minimum absolute atomic E-state index is 0.1000. The predicted octanol–water partition coefficient (Wildman–Crippen LogP) is 2.66. The Morgan fingerprint density at radius 1 is 1.27 bits per heavy atom. The van der Waals surface area contributed by atoms with Crippen LogP contribution in [0.5, 0.6) is 0 Å². The fourth-order valence-electron chi connectivity index (χ4n) is 3.13. The van der Waals surface area contributed by atoms with Gasteiger partial charge in [-0.2, -0.15) is 0 Å². The molecule has 2 heterocycles. The van der Waals surface area contributed by atoms with E-state index >= 15 is 0 Å². The maximum absolute atomic E-state index is 12.8. The van der Waals surface area contributed by atoms with Crippen molar-refractivity contribution in [3.05, 3.63) is 41.1 Å². The molecule has 1 aromatic carbocycles. The first kappa shape index (κ1) is 15.0. The second-order valence-electron chi connectivity index (χ2n) is 6.29. The molecule has 2 aromatic rings. The maximum Gasteiger partial charge on any atom is 0.255 e. The summed E-state index contributed by atoms with van der Waals surface area (Å²) in [5, 5.41) is 1.02. The van der Waals surface area contributed by atoms with Gasteiger partial charge in [0.25, 0.3) is 5.91 Å². The Morgan fingerprint density at radius 2 is 2.00 bits per heavy atom. The Hall–Kier alpha value is -1.94. The fourth-order valence-corrected chi connectivity index (χ4v) is 3.13. The number of carbonyl (C=O) groups is 1. The van der Waals surface area contributed by atoms with Gasteiger partial charge in [-0.1, -0.05) is 12.1 Å². The zero-order valence-corrected chi connectivity index (χ0v) is 13.3. The van der Waals surface area contributed by atoms with Gasteiger partial charge in [0.05, 0.1) is 16.8 Å². The minimum atomic E-state index is 0.1000. The number of fused-ring (bicyclic) bond motifs is 1. The van der Waals surface area contributed by atoms with E-state index in [0.29, 0.717) is 5.92 Å². The summed E-state index contributed by atoms with van der Waals surface area (Å²) in [5.41, 5.74) is 9.39. The lowest BCUT2D eigenvalue weighted by atomic mass is 9.96. The Balaban J connectivity index is 1.88. The first-order valence-electron chi connectivity index (χ1n) is 7.96. The molecule has 2 N–H and O–H groups in total. The van der Waals surface area contributed by atoms with Crippen LogP contribution in [0.4, 0.5) is 0 Å². The van der Waals surface area contributed by atoms with E-state index in [1.807, 2.05) is 24.0 Å². The van der Waals surface area contributed by atoms with Crippen LogP contribution in [-0.4, -0.2) is 35.4 Å². The summed E-state index contributed by atoms with van der Waals surface area (Å²) in [6, 6.07) is 8.13. The molecule has 0 aliphatic carbocycles. The molecule has 4 nitrogen and oxygen atoms in total. The number of hydrogen-bond acceptors (Lipinski definition) is 3. The van der Waals surface area contributed by atoms with E-state index in [1.54, 1.807) is 0 Å². The van der Waals surface area contributed by atoms with Crippen LogP contribution in [0, 0.1) is 19.8 Å². The van der Waals surface area contributed by atoms with Crippen molar-refractivity contribution in [3.63, 3.8) is 0 Å². The van der Waals surface area contributed by atoms with Gasteiger partial charge in [0.1, 0.15) is 0 Å². The molecule has 1 aromatic heterocycles. The number of hydrogen-bond donors (Lipinski definition) is 1. The Labute approximate surface area is 131 Å². The highest BCUT2D eigenvalue weighted by atomic mass is 16.2. The molecule has 116 valence electrons. The highest BCUT2D eigenvalue weighted by Gasteiger charge is 2.24.